The number of halogens is 3. The summed E-state index contributed by atoms with van der Waals surface area (Å²) in [6, 6.07) is 2.71. The first-order valence-electron chi connectivity index (χ1n) is 7.17. The highest BCUT2D eigenvalue weighted by Crippen LogP contribution is 2.73. The lowest BCUT2D eigenvalue weighted by Crippen LogP contribution is -2.06. The Morgan fingerprint density at radius 1 is 1.11 bits per heavy atom. The minimum Gasteiger partial charge on any atom is -0.207 e. The Labute approximate surface area is 120 Å². The van der Waals surface area contributed by atoms with E-state index in [0.29, 0.717) is 17.0 Å². The molecule has 0 aromatic heterocycles. The van der Waals surface area contributed by atoms with Crippen molar-refractivity contribution in [3.63, 3.8) is 0 Å². The van der Waals surface area contributed by atoms with Gasteiger partial charge in [-0.1, -0.05) is 15.9 Å². The fourth-order valence-corrected chi connectivity index (χ4v) is 5.92. The Bertz CT molecular complexity index is 526. The van der Waals surface area contributed by atoms with Crippen LogP contribution in [0, 0.1) is 48.1 Å². The Hall–Kier alpha value is -0.440. The quantitative estimate of drug-likeness (QED) is 0.671. The van der Waals surface area contributed by atoms with Gasteiger partial charge in [0.25, 0.3) is 0 Å². The van der Waals surface area contributed by atoms with Crippen molar-refractivity contribution in [2.75, 3.05) is 0 Å². The van der Waals surface area contributed by atoms with Gasteiger partial charge in [-0.05, 0) is 73.5 Å². The molecular formula is C16H17BrF2. The van der Waals surface area contributed by atoms with Gasteiger partial charge in [0.1, 0.15) is 11.6 Å². The second kappa shape index (κ2) is 4.03. The molecule has 3 aliphatic rings. The number of hydrogen-bond acceptors (Lipinski definition) is 0. The first-order chi connectivity index (χ1) is 9.08. The van der Waals surface area contributed by atoms with Gasteiger partial charge in [0.05, 0.1) is 0 Å². The second-order valence-corrected chi connectivity index (χ2v) is 7.58. The first kappa shape index (κ1) is 12.3. The summed E-state index contributed by atoms with van der Waals surface area (Å²) < 4.78 is 27.7. The summed E-state index contributed by atoms with van der Waals surface area (Å²) in [6.07, 6.45) is 4.09. The van der Waals surface area contributed by atoms with Gasteiger partial charge in [0.15, 0.2) is 0 Å². The third-order valence-corrected chi connectivity index (χ3v) is 6.81. The molecule has 0 radical (unpaired) electrons. The van der Waals surface area contributed by atoms with Crippen molar-refractivity contribution in [3.05, 3.63) is 34.9 Å². The van der Waals surface area contributed by atoms with Gasteiger partial charge >= 0.3 is 0 Å². The van der Waals surface area contributed by atoms with E-state index in [-0.39, 0.29) is 16.5 Å². The van der Waals surface area contributed by atoms with Crippen LogP contribution in [0.25, 0.3) is 0 Å². The van der Waals surface area contributed by atoms with E-state index in [0.717, 1.165) is 23.7 Å². The van der Waals surface area contributed by atoms with Gasteiger partial charge in [0, 0.05) is 10.4 Å². The Balaban J connectivity index is 1.62. The van der Waals surface area contributed by atoms with Gasteiger partial charge in [0.2, 0.25) is 0 Å². The molecule has 0 aliphatic heterocycles. The molecule has 0 N–H and O–H groups in total. The van der Waals surface area contributed by atoms with Crippen LogP contribution in [0.2, 0.25) is 0 Å². The predicted molar refractivity (Wildman–Crippen MR) is 74.1 cm³/mol. The van der Waals surface area contributed by atoms with Crippen LogP contribution in [0.4, 0.5) is 8.78 Å². The van der Waals surface area contributed by atoms with Crippen LogP contribution >= 0.6 is 15.9 Å². The van der Waals surface area contributed by atoms with Crippen molar-refractivity contribution < 1.29 is 8.78 Å². The van der Waals surface area contributed by atoms with Gasteiger partial charge in [-0.25, -0.2) is 8.78 Å². The maximum absolute atomic E-state index is 14.1. The summed E-state index contributed by atoms with van der Waals surface area (Å²) in [5.41, 5.74) is 0.902. The molecule has 3 heteroatoms. The average molecular weight is 327 g/mol. The predicted octanol–water partition coefficient (Wildman–Crippen LogP) is 5.00. The molecule has 3 aliphatic carbocycles. The van der Waals surface area contributed by atoms with E-state index < -0.39 is 0 Å². The van der Waals surface area contributed by atoms with Crippen LogP contribution in [-0.4, -0.2) is 0 Å². The summed E-state index contributed by atoms with van der Waals surface area (Å²) in [5.74, 6) is 3.23. The van der Waals surface area contributed by atoms with Crippen molar-refractivity contribution in [1.82, 2.24) is 0 Å². The minimum absolute atomic E-state index is 0.0130. The van der Waals surface area contributed by atoms with Crippen molar-refractivity contribution in [2.24, 2.45) is 29.6 Å². The molecule has 0 spiro atoms. The van der Waals surface area contributed by atoms with Crippen LogP contribution < -0.4 is 0 Å². The van der Waals surface area contributed by atoms with Crippen LogP contribution in [-0.2, 0) is 0 Å². The van der Waals surface area contributed by atoms with Crippen LogP contribution in [0.15, 0.2) is 12.1 Å². The number of aryl methyl sites for hydroxylation is 1. The van der Waals surface area contributed by atoms with E-state index >= 15 is 0 Å². The molecule has 3 fully saturated rings. The molecule has 102 valence electrons. The zero-order valence-corrected chi connectivity index (χ0v) is 12.5. The van der Waals surface area contributed by atoms with E-state index in [9.17, 15) is 8.78 Å². The molecule has 3 saturated carbocycles. The number of rotatable bonds is 2. The fourth-order valence-electron chi connectivity index (χ4n) is 4.86. The maximum atomic E-state index is 14.1. The smallest absolute Gasteiger partial charge is 0.128 e. The lowest BCUT2D eigenvalue weighted by Gasteiger charge is -2.16. The second-order valence-electron chi connectivity index (χ2n) is 6.59. The van der Waals surface area contributed by atoms with Crippen molar-refractivity contribution in [2.45, 2.75) is 31.0 Å². The lowest BCUT2D eigenvalue weighted by atomic mass is 9.96. The Morgan fingerprint density at radius 3 is 2.37 bits per heavy atom. The summed E-state index contributed by atoms with van der Waals surface area (Å²) in [5, 5.41) is 0. The number of hydrogen-bond donors (Lipinski definition) is 0. The summed E-state index contributed by atoms with van der Waals surface area (Å²) in [4.78, 5) is -0.0130. The molecule has 1 aromatic carbocycles. The lowest BCUT2D eigenvalue weighted by molar-refractivity contribution is 0.453. The molecule has 0 saturated heterocycles. The van der Waals surface area contributed by atoms with E-state index in [1.165, 1.54) is 31.4 Å². The van der Waals surface area contributed by atoms with Crippen molar-refractivity contribution in [1.29, 1.82) is 0 Å². The molecule has 1 aromatic rings. The fraction of sp³-hybridized carbons (Fsp3) is 0.625. The molecule has 4 rings (SSSR count). The highest BCUT2D eigenvalue weighted by Gasteiger charge is 2.66. The molecule has 5 atom stereocenters. The molecule has 0 nitrogen and oxygen atoms in total. The molecular weight excluding hydrogens is 310 g/mol. The molecule has 5 unspecified atom stereocenters. The van der Waals surface area contributed by atoms with Gasteiger partial charge in [-0.2, -0.15) is 0 Å². The first-order valence-corrected chi connectivity index (χ1v) is 8.09. The SMILES string of the molecule is Cc1cc(F)c(C(Br)C2C3C4CCC(C4)C32)cc1F. The van der Waals surface area contributed by atoms with Crippen molar-refractivity contribution >= 4 is 15.9 Å². The largest absolute Gasteiger partial charge is 0.207 e. The van der Waals surface area contributed by atoms with Crippen LogP contribution in [0.5, 0.6) is 0 Å². The zero-order valence-electron chi connectivity index (χ0n) is 10.9. The summed E-state index contributed by atoms with van der Waals surface area (Å²) >= 11 is 3.65. The number of fused-ring (bicyclic) bond motifs is 5. The van der Waals surface area contributed by atoms with Crippen molar-refractivity contribution in [3.8, 4) is 0 Å². The highest BCUT2D eigenvalue weighted by atomic mass is 79.9. The Morgan fingerprint density at radius 2 is 1.74 bits per heavy atom. The van der Waals surface area contributed by atoms with Gasteiger partial charge < -0.3 is 0 Å². The number of alkyl halides is 1. The minimum atomic E-state index is -0.297. The molecule has 0 heterocycles. The van der Waals surface area contributed by atoms with E-state index in [1.54, 1.807) is 6.92 Å². The highest BCUT2D eigenvalue weighted by molar-refractivity contribution is 9.09. The van der Waals surface area contributed by atoms with Gasteiger partial charge in [-0.15, -0.1) is 0 Å². The number of benzene rings is 1. The van der Waals surface area contributed by atoms with Crippen LogP contribution in [0.3, 0.4) is 0 Å². The zero-order chi connectivity index (χ0) is 13.3. The van der Waals surface area contributed by atoms with E-state index in [4.69, 9.17) is 0 Å². The standard InChI is InChI=1S/C16H17BrF2/c1-7-4-12(19)10(6-11(7)18)16(17)15-13-8-2-3-9(5-8)14(13)15/h4,6,8-9,13-16H,2-3,5H2,1H3. The summed E-state index contributed by atoms with van der Waals surface area (Å²) in [7, 11) is 0. The molecule has 2 bridgehead atoms. The molecule has 0 amide bonds. The Kier molecular flexibility index (Phi) is 2.61. The average Bonchev–Trinajstić information content (AvgIpc) is 2.81. The monoisotopic (exact) mass is 326 g/mol. The third kappa shape index (κ3) is 1.66. The van der Waals surface area contributed by atoms with E-state index in [1.807, 2.05) is 0 Å². The third-order valence-electron chi connectivity index (χ3n) is 5.71. The van der Waals surface area contributed by atoms with E-state index in [2.05, 4.69) is 15.9 Å². The normalized spacial score (nSPS) is 40.3. The summed E-state index contributed by atoms with van der Waals surface area (Å²) in [6.45, 7) is 1.61. The topological polar surface area (TPSA) is 0 Å². The van der Waals surface area contributed by atoms with Crippen LogP contribution in [0.1, 0.15) is 35.2 Å². The maximum Gasteiger partial charge on any atom is 0.128 e. The molecule has 19 heavy (non-hydrogen) atoms. The van der Waals surface area contributed by atoms with Gasteiger partial charge in [-0.3, -0.25) is 0 Å².